The molecule has 1 amide bonds. The summed E-state index contributed by atoms with van der Waals surface area (Å²) in [6, 6.07) is 6.34. The predicted molar refractivity (Wildman–Crippen MR) is 96.5 cm³/mol. The van der Waals surface area contributed by atoms with Gasteiger partial charge < -0.3 is 15.2 Å². The zero-order valence-corrected chi connectivity index (χ0v) is 15.8. The van der Waals surface area contributed by atoms with Crippen molar-refractivity contribution in [3.8, 4) is 0 Å². The minimum absolute atomic E-state index is 0.319. The number of rotatable bonds is 7. The lowest BCUT2D eigenvalue weighted by Gasteiger charge is -2.26. The zero-order chi connectivity index (χ0) is 19.3. The van der Waals surface area contributed by atoms with Crippen molar-refractivity contribution < 1.29 is 27.9 Å². The van der Waals surface area contributed by atoms with Crippen molar-refractivity contribution in [2.45, 2.75) is 49.7 Å². The Hall–Kier alpha value is -1.93. The molecule has 26 heavy (non-hydrogen) atoms. The lowest BCUT2D eigenvalue weighted by atomic mass is 9.98. The van der Waals surface area contributed by atoms with E-state index in [-0.39, 0.29) is 6.42 Å². The molecule has 0 spiro atoms. The number of carbonyl (C=O) groups is 2. The number of nitrogens with one attached hydrogen (secondary N) is 1. The Balaban J connectivity index is 2.18. The number of sulfone groups is 1. The second kappa shape index (κ2) is 8.64. The largest absolute Gasteiger partial charge is 0.481 e. The first kappa shape index (κ1) is 20.4. The van der Waals surface area contributed by atoms with E-state index in [2.05, 4.69) is 5.32 Å². The highest BCUT2D eigenvalue weighted by molar-refractivity contribution is 7.93. The SMILES string of the molecule is Cc1ccccc1C(CC(=O)O)NC(=O)C(C)S(=O)(=O)C1CCOCC1. The third kappa shape index (κ3) is 4.82. The van der Waals surface area contributed by atoms with Crippen LogP contribution in [0.2, 0.25) is 0 Å². The average Bonchev–Trinajstić information content (AvgIpc) is 2.61. The Labute approximate surface area is 153 Å². The van der Waals surface area contributed by atoms with Gasteiger partial charge in [0.2, 0.25) is 5.91 Å². The molecule has 0 radical (unpaired) electrons. The van der Waals surface area contributed by atoms with Gasteiger partial charge in [0.1, 0.15) is 5.25 Å². The molecule has 0 aromatic heterocycles. The van der Waals surface area contributed by atoms with Crippen LogP contribution < -0.4 is 5.32 Å². The number of carbonyl (C=O) groups excluding carboxylic acids is 1. The van der Waals surface area contributed by atoms with Crippen molar-refractivity contribution in [1.29, 1.82) is 0 Å². The first-order valence-electron chi connectivity index (χ1n) is 8.61. The van der Waals surface area contributed by atoms with E-state index in [4.69, 9.17) is 9.84 Å². The van der Waals surface area contributed by atoms with E-state index in [1.54, 1.807) is 12.1 Å². The van der Waals surface area contributed by atoms with Gasteiger partial charge in [-0.15, -0.1) is 0 Å². The van der Waals surface area contributed by atoms with Gasteiger partial charge in [0.25, 0.3) is 0 Å². The molecule has 1 aliphatic heterocycles. The van der Waals surface area contributed by atoms with Gasteiger partial charge in [-0.05, 0) is 37.8 Å². The summed E-state index contributed by atoms with van der Waals surface area (Å²) < 4.78 is 30.6. The average molecular weight is 383 g/mol. The molecule has 1 aliphatic rings. The molecular formula is C18H25NO6S. The van der Waals surface area contributed by atoms with E-state index in [0.717, 1.165) is 5.56 Å². The maximum atomic E-state index is 12.7. The summed E-state index contributed by atoms with van der Waals surface area (Å²) in [5, 5.41) is 9.94. The van der Waals surface area contributed by atoms with Crippen LogP contribution in [0.25, 0.3) is 0 Å². The normalized spacial score (nSPS) is 18.1. The molecule has 7 nitrogen and oxygen atoms in total. The maximum absolute atomic E-state index is 12.7. The summed E-state index contributed by atoms with van der Waals surface area (Å²) in [6.45, 7) is 3.90. The summed E-state index contributed by atoms with van der Waals surface area (Å²) in [6.07, 6.45) is 0.424. The van der Waals surface area contributed by atoms with Crippen LogP contribution in [0.4, 0.5) is 0 Å². The van der Waals surface area contributed by atoms with Crippen LogP contribution >= 0.6 is 0 Å². The van der Waals surface area contributed by atoms with E-state index in [1.165, 1.54) is 6.92 Å². The minimum atomic E-state index is -3.67. The van der Waals surface area contributed by atoms with Gasteiger partial charge in [0.05, 0.1) is 17.7 Å². The number of hydrogen-bond donors (Lipinski definition) is 2. The number of carboxylic acids is 1. The van der Waals surface area contributed by atoms with Gasteiger partial charge >= 0.3 is 5.97 Å². The number of carboxylic acid groups (broad SMARTS) is 1. The maximum Gasteiger partial charge on any atom is 0.305 e. The van der Waals surface area contributed by atoms with Gasteiger partial charge in [-0.3, -0.25) is 9.59 Å². The van der Waals surface area contributed by atoms with Crippen LogP contribution in [0, 0.1) is 6.92 Å². The van der Waals surface area contributed by atoms with Crippen molar-refractivity contribution in [3.05, 3.63) is 35.4 Å². The molecule has 0 saturated carbocycles. The molecule has 1 heterocycles. The monoisotopic (exact) mass is 383 g/mol. The van der Waals surface area contributed by atoms with Crippen molar-refractivity contribution in [1.82, 2.24) is 5.32 Å². The molecule has 144 valence electrons. The van der Waals surface area contributed by atoms with E-state index in [9.17, 15) is 18.0 Å². The van der Waals surface area contributed by atoms with Gasteiger partial charge in [0.15, 0.2) is 9.84 Å². The molecule has 1 fully saturated rings. The van der Waals surface area contributed by atoms with E-state index >= 15 is 0 Å². The lowest BCUT2D eigenvalue weighted by Crippen LogP contribution is -2.45. The fraction of sp³-hybridized carbons (Fsp3) is 0.556. The predicted octanol–water partition coefficient (Wildman–Crippen LogP) is 1.61. The summed E-state index contributed by atoms with van der Waals surface area (Å²) in [4.78, 5) is 23.8. The van der Waals surface area contributed by atoms with Crippen LogP contribution in [0.1, 0.15) is 43.4 Å². The highest BCUT2D eigenvalue weighted by Crippen LogP contribution is 2.24. The van der Waals surface area contributed by atoms with Crippen molar-refractivity contribution in [2.24, 2.45) is 0 Å². The molecule has 1 aromatic rings. The highest BCUT2D eigenvalue weighted by atomic mass is 32.2. The zero-order valence-electron chi connectivity index (χ0n) is 15.0. The topological polar surface area (TPSA) is 110 Å². The molecule has 2 unspecified atom stereocenters. The number of hydrogen-bond acceptors (Lipinski definition) is 5. The quantitative estimate of drug-likeness (QED) is 0.740. The van der Waals surface area contributed by atoms with Crippen molar-refractivity contribution >= 4 is 21.7 Å². The van der Waals surface area contributed by atoms with Gasteiger partial charge in [-0.1, -0.05) is 24.3 Å². The summed E-state index contributed by atoms with van der Waals surface area (Å²) >= 11 is 0. The number of benzene rings is 1. The first-order valence-corrected chi connectivity index (χ1v) is 10.2. The molecule has 1 saturated heterocycles. The fourth-order valence-electron chi connectivity index (χ4n) is 3.12. The standard InChI is InChI=1S/C18H25NO6S/c1-12-5-3-4-6-15(12)16(11-17(20)21)19-18(22)13(2)26(23,24)14-7-9-25-10-8-14/h3-6,13-14,16H,7-11H2,1-2H3,(H,19,22)(H,20,21). The van der Waals surface area contributed by atoms with Crippen LogP contribution in [0.5, 0.6) is 0 Å². The van der Waals surface area contributed by atoms with Gasteiger partial charge in [0, 0.05) is 13.2 Å². The van der Waals surface area contributed by atoms with Crippen molar-refractivity contribution in [3.63, 3.8) is 0 Å². The molecule has 2 atom stereocenters. The highest BCUT2D eigenvalue weighted by Gasteiger charge is 2.37. The molecular weight excluding hydrogens is 358 g/mol. The lowest BCUT2D eigenvalue weighted by molar-refractivity contribution is -0.137. The van der Waals surface area contributed by atoms with Gasteiger partial charge in [-0.25, -0.2) is 8.42 Å². The van der Waals surface area contributed by atoms with Crippen LogP contribution in [0.3, 0.4) is 0 Å². The Morgan fingerprint density at radius 1 is 1.27 bits per heavy atom. The summed E-state index contributed by atoms with van der Waals surface area (Å²) in [5.41, 5.74) is 1.50. The van der Waals surface area contributed by atoms with Crippen LogP contribution in [-0.4, -0.2) is 49.1 Å². The molecule has 1 aromatic carbocycles. The molecule has 0 bridgehead atoms. The minimum Gasteiger partial charge on any atom is -0.481 e. The molecule has 0 aliphatic carbocycles. The third-order valence-corrected chi connectivity index (χ3v) is 7.35. The Kier molecular flexibility index (Phi) is 6.77. The van der Waals surface area contributed by atoms with E-state index < -0.39 is 38.3 Å². The Morgan fingerprint density at radius 3 is 2.46 bits per heavy atom. The number of amides is 1. The fourth-order valence-corrected chi connectivity index (χ4v) is 4.92. The summed E-state index contributed by atoms with van der Waals surface area (Å²) in [7, 11) is -3.67. The Bertz CT molecular complexity index is 755. The van der Waals surface area contributed by atoms with Crippen LogP contribution in [-0.2, 0) is 24.2 Å². The molecule has 2 rings (SSSR count). The number of aliphatic carboxylic acids is 1. The first-order chi connectivity index (χ1) is 12.2. The van der Waals surface area contributed by atoms with E-state index in [0.29, 0.717) is 31.6 Å². The molecule has 2 N–H and O–H groups in total. The second-order valence-electron chi connectivity index (χ2n) is 6.56. The summed E-state index contributed by atoms with van der Waals surface area (Å²) in [5.74, 6) is -1.75. The third-order valence-electron chi connectivity index (χ3n) is 4.75. The van der Waals surface area contributed by atoms with Crippen LogP contribution in [0.15, 0.2) is 24.3 Å². The van der Waals surface area contributed by atoms with Gasteiger partial charge in [-0.2, -0.15) is 0 Å². The second-order valence-corrected chi connectivity index (χ2v) is 9.11. The smallest absolute Gasteiger partial charge is 0.305 e. The number of aryl methyl sites for hydroxylation is 1. The number of ether oxygens (including phenoxy) is 1. The van der Waals surface area contributed by atoms with E-state index in [1.807, 2.05) is 19.1 Å². The van der Waals surface area contributed by atoms with Crippen molar-refractivity contribution in [2.75, 3.05) is 13.2 Å². The molecule has 8 heteroatoms. The Morgan fingerprint density at radius 2 is 1.88 bits per heavy atom.